The molecule has 9 heteroatoms. The number of aromatic nitrogens is 1. The van der Waals surface area contributed by atoms with Gasteiger partial charge in [-0.25, -0.2) is 4.98 Å². The summed E-state index contributed by atoms with van der Waals surface area (Å²) in [6, 6.07) is 9.29. The fourth-order valence-corrected chi connectivity index (χ4v) is 2.88. The molecule has 0 atom stereocenters. The molecule has 0 aliphatic rings. The highest BCUT2D eigenvalue weighted by molar-refractivity contribution is 7.99. The molecule has 2 N–H and O–H groups in total. The maximum Gasteiger partial charge on any atom is 0.290 e. The molecule has 0 fully saturated rings. The number of alkyl halides is 2. The van der Waals surface area contributed by atoms with E-state index in [1.54, 1.807) is 18.2 Å². The van der Waals surface area contributed by atoms with E-state index >= 15 is 0 Å². The SMILES string of the molecule is CCOCCCNC(=O)c1cccc(NC(=O)c2cccnc2SC(F)F)c1. The Kier molecular flexibility index (Phi) is 8.83. The molecular weight excluding hydrogens is 388 g/mol. The maximum atomic E-state index is 12.6. The quantitative estimate of drug-likeness (QED) is 0.461. The first-order valence-electron chi connectivity index (χ1n) is 8.68. The molecule has 1 aromatic carbocycles. The zero-order chi connectivity index (χ0) is 20.4. The number of hydrogen-bond donors (Lipinski definition) is 2. The Morgan fingerprint density at radius 1 is 1.21 bits per heavy atom. The minimum Gasteiger partial charge on any atom is -0.382 e. The molecular formula is C19H21F2N3O3S. The number of anilines is 1. The Bertz CT molecular complexity index is 805. The molecule has 0 saturated carbocycles. The van der Waals surface area contributed by atoms with E-state index in [0.29, 0.717) is 37.4 Å². The number of pyridine rings is 1. The molecule has 6 nitrogen and oxygen atoms in total. The number of ether oxygens (including phenoxy) is 1. The van der Waals surface area contributed by atoms with E-state index in [0.717, 1.165) is 0 Å². The lowest BCUT2D eigenvalue weighted by atomic mass is 10.1. The van der Waals surface area contributed by atoms with Gasteiger partial charge in [-0.2, -0.15) is 8.78 Å². The van der Waals surface area contributed by atoms with Gasteiger partial charge < -0.3 is 15.4 Å². The summed E-state index contributed by atoms with van der Waals surface area (Å²) in [5, 5.41) is 5.33. The van der Waals surface area contributed by atoms with Gasteiger partial charge in [-0.3, -0.25) is 9.59 Å². The molecule has 0 saturated heterocycles. The first-order valence-corrected chi connectivity index (χ1v) is 9.56. The fraction of sp³-hybridized carbons (Fsp3) is 0.316. The van der Waals surface area contributed by atoms with Crippen molar-refractivity contribution in [1.82, 2.24) is 10.3 Å². The van der Waals surface area contributed by atoms with Crippen molar-refractivity contribution >= 4 is 29.3 Å². The second-order valence-corrected chi connectivity index (χ2v) is 6.55. The minimum absolute atomic E-state index is 0.0404. The highest BCUT2D eigenvalue weighted by Gasteiger charge is 2.17. The van der Waals surface area contributed by atoms with E-state index < -0.39 is 11.7 Å². The summed E-state index contributed by atoms with van der Waals surface area (Å²) in [6.45, 7) is 3.57. The Hall–Kier alpha value is -2.52. The molecule has 2 aromatic rings. The molecule has 1 heterocycles. The predicted octanol–water partition coefficient (Wildman–Crippen LogP) is 3.81. The van der Waals surface area contributed by atoms with Crippen LogP contribution in [0.1, 0.15) is 34.1 Å². The Morgan fingerprint density at radius 2 is 2.04 bits per heavy atom. The summed E-state index contributed by atoms with van der Waals surface area (Å²) < 4.78 is 30.5. The van der Waals surface area contributed by atoms with Crippen LogP contribution in [0.2, 0.25) is 0 Å². The molecule has 150 valence electrons. The highest BCUT2D eigenvalue weighted by atomic mass is 32.2. The van der Waals surface area contributed by atoms with Crippen molar-refractivity contribution in [2.45, 2.75) is 24.1 Å². The number of carbonyl (C=O) groups is 2. The summed E-state index contributed by atoms with van der Waals surface area (Å²) in [5.74, 6) is -3.54. The van der Waals surface area contributed by atoms with E-state index in [2.05, 4.69) is 15.6 Å². The number of hydrogen-bond acceptors (Lipinski definition) is 5. The number of rotatable bonds is 10. The topological polar surface area (TPSA) is 80.3 Å². The summed E-state index contributed by atoms with van der Waals surface area (Å²) >= 11 is 0.207. The maximum absolute atomic E-state index is 12.6. The monoisotopic (exact) mass is 409 g/mol. The third-order valence-electron chi connectivity index (χ3n) is 3.55. The molecule has 2 amide bonds. The minimum atomic E-state index is -2.68. The molecule has 1 aromatic heterocycles. The molecule has 0 unspecified atom stereocenters. The number of halogens is 2. The molecule has 0 aliphatic carbocycles. The van der Waals surface area contributed by atoms with Crippen molar-refractivity contribution in [2.24, 2.45) is 0 Å². The standard InChI is InChI=1S/C19H21F2N3O3S/c1-2-27-11-5-10-22-16(25)13-6-3-7-14(12-13)24-17(26)15-8-4-9-23-18(15)28-19(20)21/h3-4,6-9,12,19H,2,5,10-11H2,1H3,(H,22,25)(H,24,26). The number of nitrogens with one attached hydrogen (secondary N) is 2. The van der Waals surface area contributed by atoms with Gasteiger partial charge in [0, 0.05) is 37.2 Å². The van der Waals surface area contributed by atoms with E-state index in [-0.39, 0.29) is 28.3 Å². The molecule has 2 rings (SSSR count). The van der Waals surface area contributed by atoms with Crippen LogP contribution in [-0.4, -0.2) is 42.3 Å². The number of nitrogens with zero attached hydrogens (tertiary/aromatic N) is 1. The van der Waals surface area contributed by atoms with Crippen LogP contribution in [0.4, 0.5) is 14.5 Å². The first-order chi connectivity index (χ1) is 13.5. The number of amides is 2. The summed E-state index contributed by atoms with van der Waals surface area (Å²) in [4.78, 5) is 28.5. The summed E-state index contributed by atoms with van der Waals surface area (Å²) in [7, 11) is 0. The van der Waals surface area contributed by atoms with Gasteiger partial charge in [0.25, 0.3) is 17.6 Å². The van der Waals surface area contributed by atoms with Crippen LogP contribution < -0.4 is 10.6 Å². The second kappa shape index (κ2) is 11.4. The van der Waals surface area contributed by atoms with Crippen molar-refractivity contribution in [3.05, 3.63) is 53.7 Å². The van der Waals surface area contributed by atoms with Gasteiger partial charge in [0.15, 0.2) is 0 Å². The smallest absolute Gasteiger partial charge is 0.290 e. The van der Waals surface area contributed by atoms with Gasteiger partial charge in [0.1, 0.15) is 5.03 Å². The number of carbonyl (C=O) groups excluding carboxylic acids is 2. The highest BCUT2D eigenvalue weighted by Crippen LogP contribution is 2.26. The zero-order valence-corrected chi connectivity index (χ0v) is 16.1. The van der Waals surface area contributed by atoms with E-state index in [1.807, 2.05) is 6.92 Å². The number of thioether (sulfide) groups is 1. The zero-order valence-electron chi connectivity index (χ0n) is 15.3. The molecule has 0 radical (unpaired) electrons. The van der Waals surface area contributed by atoms with Gasteiger partial charge in [-0.15, -0.1) is 0 Å². The third-order valence-corrected chi connectivity index (χ3v) is 4.28. The van der Waals surface area contributed by atoms with Crippen LogP contribution in [-0.2, 0) is 4.74 Å². The van der Waals surface area contributed by atoms with Crippen LogP contribution in [0.5, 0.6) is 0 Å². The van der Waals surface area contributed by atoms with Crippen molar-refractivity contribution in [2.75, 3.05) is 25.1 Å². The fourth-order valence-electron chi connectivity index (χ4n) is 2.30. The Labute approximate surface area is 166 Å². The van der Waals surface area contributed by atoms with Gasteiger partial charge in [0.05, 0.1) is 5.56 Å². The van der Waals surface area contributed by atoms with Crippen LogP contribution in [0.25, 0.3) is 0 Å². The second-order valence-electron chi connectivity index (χ2n) is 5.58. The average Bonchev–Trinajstić information content (AvgIpc) is 2.67. The molecule has 0 bridgehead atoms. The van der Waals surface area contributed by atoms with Crippen molar-refractivity contribution in [1.29, 1.82) is 0 Å². The summed E-state index contributed by atoms with van der Waals surface area (Å²) in [6.07, 6.45) is 2.04. The van der Waals surface area contributed by atoms with Gasteiger partial charge in [0.2, 0.25) is 0 Å². The predicted molar refractivity (Wildman–Crippen MR) is 104 cm³/mol. The number of benzene rings is 1. The van der Waals surface area contributed by atoms with Gasteiger partial charge >= 0.3 is 0 Å². The van der Waals surface area contributed by atoms with Crippen LogP contribution in [0, 0.1) is 0 Å². The van der Waals surface area contributed by atoms with Crippen LogP contribution >= 0.6 is 11.8 Å². The molecule has 28 heavy (non-hydrogen) atoms. The average molecular weight is 409 g/mol. The molecule has 0 spiro atoms. The van der Waals surface area contributed by atoms with Crippen LogP contribution in [0.15, 0.2) is 47.6 Å². The lowest BCUT2D eigenvalue weighted by Crippen LogP contribution is -2.25. The third kappa shape index (κ3) is 6.90. The largest absolute Gasteiger partial charge is 0.382 e. The first kappa shape index (κ1) is 21.8. The van der Waals surface area contributed by atoms with Crippen LogP contribution in [0.3, 0.4) is 0 Å². The molecule has 0 aliphatic heterocycles. The normalized spacial score (nSPS) is 10.7. The Morgan fingerprint density at radius 3 is 2.79 bits per heavy atom. The van der Waals surface area contributed by atoms with Gasteiger partial charge in [-0.05, 0) is 55.4 Å². The van der Waals surface area contributed by atoms with Gasteiger partial charge in [-0.1, -0.05) is 6.07 Å². The van der Waals surface area contributed by atoms with E-state index in [1.165, 1.54) is 24.4 Å². The lowest BCUT2D eigenvalue weighted by molar-refractivity contribution is 0.0942. The van der Waals surface area contributed by atoms with Crippen molar-refractivity contribution < 1.29 is 23.1 Å². The van der Waals surface area contributed by atoms with E-state index in [9.17, 15) is 18.4 Å². The summed E-state index contributed by atoms with van der Waals surface area (Å²) in [5.41, 5.74) is 0.796. The Balaban J connectivity index is 2.01. The van der Waals surface area contributed by atoms with E-state index in [4.69, 9.17) is 4.74 Å². The lowest BCUT2D eigenvalue weighted by Gasteiger charge is -2.10. The van der Waals surface area contributed by atoms with Crippen molar-refractivity contribution in [3.63, 3.8) is 0 Å². The van der Waals surface area contributed by atoms with Crippen molar-refractivity contribution in [3.8, 4) is 0 Å².